The highest BCUT2D eigenvalue weighted by atomic mass is 16.3. The number of benzene rings is 1. The number of aromatic hydroxyl groups is 1. The van der Waals surface area contributed by atoms with Crippen LogP contribution in [0.4, 0.5) is 0 Å². The lowest BCUT2D eigenvalue weighted by atomic mass is 9.43. The highest BCUT2D eigenvalue weighted by Crippen LogP contribution is 2.65. The molecule has 1 fully saturated rings. The van der Waals surface area contributed by atoms with E-state index >= 15 is 0 Å². The van der Waals surface area contributed by atoms with E-state index in [1.54, 1.807) is 20.8 Å². The summed E-state index contributed by atoms with van der Waals surface area (Å²) in [5.74, 6) is -4.52. The minimum atomic E-state index is -2.59. The largest absolute Gasteiger partial charge is 0.508 e. The van der Waals surface area contributed by atoms with Crippen LogP contribution in [0.1, 0.15) is 90.5 Å². The van der Waals surface area contributed by atoms with Crippen LogP contribution in [0, 0.1) is 28.6 Å². The second-order valence-corrected chi connectivity index (χ2v) is 13.1. The van der Waals surface area contributed by atoms with Crippen molar-refractivity contribution in [3.05, 3.63) is 45.2 Å². The summed E-state index contributed by atoms with van der Waals surface area (Å²) < 4.78 is 0. The van der Waals surface area contributed by atoms with E-state index in [0.717, 1.165) is 24.5 Å². The summed E-state index contributed by atoms with van der Waals surface area (Å²) in [6.07, 6.45) is 2.50. The number of carbonyl (C=O) groups is 3. The third-order valence-electron chi connectivity index (χ3n) is 9.55. The Morgan fingerprint density at radius 1 is 1.08 bits per heavy atom. The van der Waals surface area contributed by atoms with Crippen LogP contribution in [0.15, 0.2) is 23.0 Å². The van der Waals surface area contributed by atoms with Crippen LogP contribution >= 0.6 is 0 Å². The molecule has 212 valence electrons. The van der Waals surface area contributed by atoms with Crippen molar-refractivity contribution >= 4 is 23.1 Å². The van der Waals surface area contributed by atoms with E-state index in [9.17, 15) is 34.8 Å². The fraction of sp³-hybridized carbons (Fsp3) is 0.594. The molecular weight excluding hydrogens is 496 g/mol. The Labute approximate surface area is 230 Å². The summed E-state index contributed by atoms with van der Waals surface area (Å²) >= 11 is 0. The van der Waals surface area contributed by atoms with Crippen LogP contribution in [0.2, 0.25) is 0 Å². The number of ketones is 3. The average molecular weight is 539 g/mol. The summed E-state index contributed by atoms with van der Waals surface area (Å²) in [7, 11) is 0. The molecule has 1 saturated carbocycles. The molecule has 1 aromatic carbocycles. The molecule has 1 aromatic rings. The first-order valence-electron chi connectivity index (χ1n) is 14.0. The van der Waals surface area contributed by atoms with Gasteiger partial charge in [-0.3, -0.25) is 14.4 Å². The molecule has 0 spiro atoms. The summed E-state index contributed by atoms with van der Waals surface area (Å²) in [5, 5.41) is 46.5. The monoisotopic (exact) mass is 538 g/mol. The van der Waals surface area contributed by atoms with E-state index < -0.39 is 56.8 Å². The molecular formula is C32H42O7. The molecule has 3 aliphatic rings. The topological polar surface area (TPSA) is 132 Å². The summed E-state index contributed by atoms with van der Waals surface area (Å²) in [5.41, 5.74) is -3.07. The number of aliphatic hydroxyl groups excluding tert-OH is 2. The normalized spacial score (nSPS) is 30.6. The van der Waals surface area contributed by atoms with E-state index in [-0.39, 0.29) is 29.2 Å². The van der Waals surface area contributed by atoms with Crippen LogP contribution in [0.5, 0.6) is 5.75 Å². The predicted molar refractivity (Wildman–Crippen MR) is 148 cm³/mol. The third kappa shape index (κ3) is 3.83. The molecule has 1 unspecified atom stereocenters. The Morgan fingerprint density at radius 3 is 2.21 bits per heavy atom. The lowest BCUT2D eigenvalue weighted by molar-refractivity contribution is -0.178. The Bertz CT molecular complexity index is 1350. The van der Waals surface area contributed by atoms with Gasteiger partial charge in [0.15, 0.2) is 17.2 Å². The van der Waals surface area contributed by atoms with Crippen molar-refractivity contribution in [2.24, 2.45) is 28.6 Å². The SMILES string of the molecule is CCc1cc(CCC(C)C)c(O)c2c1C[C@]1(C)C[C@]3(C)C(C(C)C)C(=O)C(C(C)=O)=C(O)[C@]3(O)C(=O)C1=C2O. The maximum atomic E-state index is 14.4. The molecule has 0 amide bonds. The maximum Gasteiger partial charge on any atom is 0.203 e. The minimum absolute atomic E-state index is 0.0777. The maximum absolute atomic E-state index is 14.4. The van der Waals surface area contributed by atoms with Crippen LogP contribution in [0.25, 0.3) is 5.76 Å². The fourth-order valence-electron chi connectivity index (χ4n) is 7.87. The summed E-state index contributed by atoms with van der Waals surface area (Å²) in [6, 6.07) is 1.98. The molecule has 7 heteroatoms. The highest BCUT2D eigenvalue weighted by molar-refractivity contribution is 6.24. The first-order valence-corrected chi connectivity index (χ1v) is 14.0. The van der Waals surface area contributed by atoms with Gasteiger partial charge in [0.1, 0.15) is 22.8 Å². The van der Waals surface area contributed by atoms with Crippen molar-refractivity contribution < 1.29 is 34.8 Å². The minimum Gasteiger partial charge on any atom is -0.508 e. The van der Waals surface area contributed by atoms with Gasteiger partial charge in [0, 0.05) is 22.3 Å². The molecule has 0 radical (unpaired) electrons. The van der Waals surface area contributed by atoms with Gasteiger partial charge in [0.2, 0.25) is 5.78 Å². The van der Waals surface area contributed by atoms with E-state index in [0.29, 0.717) is 30.7 Å². The van der Waals surface area contributed by atoms with Crippen LogP contribution in [-0.4, -0.2) is 43.4 Å². The molecule has 7 nitrogen and oxygen atoms in total. The van der Waals surface area contributed by atoms with Gasteiger partial charge in [-0.1, -0.05) is 54.5 Å². The zero-order valence-corrected chi connectivity index (χ0v) is 24.4. The van der Waals surface area contributed by atoms with Gasteiger partial charge < -0.3 is 20.4 Å². The third-order valence-corrected chi connectivity index (χ3v) is 9.55. The van der Waals surface area contributed by atoms with E-state index in [2.05, 4.69) is 13.8 Å². The molecule has 3 aliphatic carbocycles. The number of allylic oxidation sites excluding steroid dienone is 1. The summed E-state index contributed by atoms with van der Waals surface area (Å²) in [6.45, 7) is 14.4. The molecule has 0 bridgehead atoms. The fourth-order valence-corrected chi connectivity index (χ4v) is 7.87. The van der Waals surface area contributed by atoms with E-state index in [4.69, 9.17) is 0 Å². The van der Waals surface area contributed by atoms with Gasteiger partial charge >= 0.3 is 0 Å². The first kappa shape index (κ1) is 29.1. The van der Waals surface area contributed by atoms with E-state index in [1.165, 1.54) is 0 Å². The molecule has 39 heavy (non-hydrogen) atoms. The number of hydrogen-bond acceptors (Lipinski definition) is 7. The molecule has 0 saturated heterocycles. The van der Waals surface area contributed by atoms with Crippen molar-refractivity contribution in [2.75, 3.05) is 0 Å². The van der Waals surface area contributed by atoms with Crippen molar-refractivity contribution in [3.8, 4) is 5.75 Å². The lowest BCUT2D eigenvalue weighted by Crippen LogP contribution is -2.69. The van der Waals surface area contributed by atoms with E-state index in [1.807, 2.05) is 19.9 Å². The number of rotatable bonds is 6. The molecule has 0 aromatic heterocycles. The number of aryl methyl sites for hydroxylation is 2. The number of fused-ring (bicyclic) bond motifs is 3. The molecule has 4 rings (SSSR count). The molecule has 0 aliphatic heterocycles. The van der Waals surface area contributed by atoms with Gasteiger partial charge in [0.25, 0.3) is 0 Å². The smallest absolute Gasteiger partial charge is 0.203 e. The number of Topliss-reactive ketones (excluding diaryl/α,β-unsaturated/α-hetero) is 3. The van der Waals surface area contributed by atoms with Crippen LogP contribution in [0.3, 0.4) is 0 Å². The Kier molecular flexibility index (Phi) is 6.95. The van der Waals surface area contributed by atoms with Crippen molar-refractivity contribution in [3.63, 3.8) is 0 Å². The zero-order valence-electron chi connectivity index (χ0n) is 24.4. The quantitative estimate of drug-likeness (QED) is 0.359. The van der Waals surface area contributed by atoms with Crippen LogP contribution in [-0.2, 0) is 33.6 Å². The Balaban J connectivity index is 2.04. The number of phenols is 1. The number of carbonyl (C=O) groups excluding carboxylic acids is 3. The Morgan fingerprint density at radius 2 is 1.69 bits per heavy atom. The Hall–Kier alpha value is -2.93. The van der Waals surface area contributed by atoms with Gasteiger partial charge in [0.05, 0.1) is 5.56 Å². The van der Waals surface area contributed by atoms with Crippen molar-refractivity contribution in [2.45, 2.75) is 93.1 Å². The van der Waals surface area contributed by atoms with Crippen molar-refractivity contribution in [1.29, 1.82) is 0 Å². The number of phenolic OH excluding ortho intramolecular Hbond substituents is 1. The number of hydrogen-bond donors (Lipinski definition) is 4. The molecule has 4 N–H and O–H groups in total. The van der Waals surface area contributed by atoms with Gasteiger partial charge in [-0.25, -0.2) is 0 Å². The number of aliphatic hydroxyl groups is 3. The van der Waals surface area contributed by atoms with Crippen molar-refractivity contribution in [1.82, 2.24) is 0 Å². The molecule has 0 heterocycles. The second-order valence-electron chi connectivity index (χ2n) is 13.1. The zero-order chi connectivity index (χ0) is 29.4. The average Bonchev–Trinajstić information content (AvgIpc) is 2.80. The van der Waals surface area contributed by atoms with Gasteiger partial charge in [-0.15, -0.1) is 0 Å². The van der Waals surface area contributed by atoms with Gasteiger partial charge in [-0.05, 0) is 67.6 Å². The van der Waals surface area contributed by atoms with Gasteiger partial charge in [-0.2, -0.15) is 0 Å². The first-order chi connectivity index (χ1) is 18.0. The second kappa shape index (κ2) is 9.33. The lowest BCUT2D eigenvalue weighted by Gasteiger charge is -2.59. The standard InChI is InChI=1S/C32H42O7/c1-9-18-12-19(11-10-15(2)3)25(34)22-20(18)13-30(7)14-31(8)23(16(4)5)26(35)21(17(6)33)28(37)32(31,39)29(38)24(30)27(22)36/h12,15-16,23,34,36-37,39H,9-11,13-14H2,1-8H3/t23?,30-,31-,32+/m1/s1. The van der Waals surface area contributed by atoms with Crippen LogP contribution < -0.4 is 0 Å². The highest BCUT2D eigenvalue weighted by Gasteiger charge is 2.72. The predicted octanol–water partition coefficient (Wildman–Crippen LogP) is 5.34. The summed E-state index contributed by atoms with van der Waals surface area (Å²) in [4.78, 5) is 40.5. The molecule has 4 atom stereocenters.